The van der Waals surface area contributed by atoms with E-state index in [2.05, 4.69) is 6.07 Å². The van der Waals surface area contributed by atoms with Crippen LogP contribution in [-0.2, 0) is 22.7 Å². The highest BCUT2D eigenvalue weighted by atomic mass is 16.1. The van der Waals surface area contributed by atoms with Crippen molar-refractivity contribution in [1.29, 1.82) is 0 Å². The Bertz CT molecular complexity index is 900. The molecule has 3 aromatic rings. The zero-order valence-corrected chi connectivity index (χ0v) is 16.8. The van der Waals surface area contributed by atoms with Crippen LogP contribution in [0.1, 0.15) is 11.1 Å². The Balaban J connectivity index is 1.80. The molecule has 4 N–H and O–H groups in total. The van der Waals surface area contributed by atoms with Gasteiger partial charge < -0.3 is 21.3 Å². The molecule has 0 unspecified atom stereocenters. The Labute approximate surface area is 176 Å². The number of nitrogens with zero attached hydrogens (tertiary/aromatic N) is 2. The molecule has 0 fully saturated rings. The molecule has 3 rings (SSSR count). The van der Waals surface area contributed by atoms with Gasteiger partial charge in [0.25, 0.3) is 0 Å². The number of hydrogen-bond acceptors (Lipinski definition) is 4. The third-order valence-corrected chi connectivity index (χ3v) is 4.67. The lowest BCUT2D eigenvalue weighted by Gasteiger charge is -2.25. The molecule has 0 aliphatic heterocycles. The number of nitrogens with two attached hydrogens (primary N) is 2. The molecule has 154 valence electrons. The second-order valence-electron chi connectivity index (χ2n) is 7.14. The van der Waals surface area contributed by atoms with Gasteiger partial charge in [0.15, 0.2) is 0 Å². The molecular weight excluding hydrogens is 376 g/mol. The number of hydrogen-bond donors (Lipinski definition) is 2. The Hall–Kier alpha value is -3.80. The fourth-order valence-electron chi connectivity index (χ4n) is 3.40. The lowest BCUT2D eigenvalue weighted by Crippen LogP contribution is -2.34. The second kappa shape index (κ2) is 10.1. The molecular formula is C24H26N4O2. The number of anilines is 2. The minimum absolute atomic E-state index is 0.131. The summed E-state index contributed by atoms with van der Waals surface area (Å²) < 4.78 is 0. The van der Waals surface area contributed by atoms with E-state index in [0.29, 0.717) is 13.1 Å². The van der Waals surface area contributed by atoms with Crippen LogP contribution in [0.3, 0.4) is 0 Å². The van der Waals surface area contributed by atoms with Crippen LogP contribution in [-0.4, -0.2) is 24.9 Å². The summed E-state index contributed by atoms with van der Waals surface area (Å²) in [5, 5.41) is 0. The Morgan fingerprint density at radius 1 is 0.600 bits per heavy atom. The van der Waals surface area contributed by atoms with E-state index in [0.717, 1.165) is 22.5 Å². The normalized spacial score (nSPS) is 10.4. The van der Waals surface area contributed by atoms with E-state index in [4.69, 9.17) is 11.5 Å². The Morgan fingerprint density at radius 3 is 1.37 bits per heavy atom. The summed E-state index contributed by atoms with van der Waals surface area (Å²) in [6, 6.07) is 27.5. The first-order valence-corrected chi connectivity index (χ1v) is 9.75. The van der Waals surface area contributed by atoms with Gasteiger partial charge in [-0.3, -0.25) is 9.59 Å². The quantitative estimate of drug-likeness (QED) is 0.545. The van der Waals surface area contributed by atoms with Crippen molar-refractivity contribution in [2.24, 2.45) is 11.5 Å². The van der Waals surface area contributed by atoms with E-state index >= 15 is 0 Å². The molecule has 0 heterocycles. The van der Waals surface area contributed by atoms with Gasteiger partial charge in [0.2, 0.25) is 11.8 Å². The van der Waals surface area contributed by atoms with E-state index in [1.165, 1.54) is 0 Å². The molecule has 0 saturated heterocycles. The highest BCUT2D eigenvalue weighted by molar-refractivity contribution is 5.80. The van der Waals surface area contributed by atoms with Gasteiger partial charge in [0, 0.05) is 24.5 Å². The summed E-state index contributed by atoms with van der Waals surface area (Å²) in [4.78, 5) is 27.0. The van der Waals surface area contributed by atoms with Crippen molar-refractivity contribution in [2.75, 3.05) is 22.9 Å². The number of primary amides is 2. The molecule has 0 spiro atoms. The zero-order chi connectivity index (χ0) is 21.3. The van der Waals surface area contributed by atoms with Crippen molar-refractivity contribution in [2.45, 2.75) is 13.1 Å². The van der Waals surface area contributed by atoms with Gasteiger partial charge in [0.05, 0.1) is 13.1 Å². The SMILES string of the molecule is NC(=O)CN(Cc1cccc(CN(CC(N)=O)c2ccccc2)c1)c1ccccc1. The van der Waals surface area contributed by atoms with Crippen LogP contribution in [0, 0.1) is 0 Å². The van der Waals surface area contributed by atoms with Gasteiger partial charge in [-0.1, -0.05) is 60.7 Å². The molecule has 0 atom stereocenters. The van der Waals surface area contributed by atoms with Crippen LogP contribution in [0.15, 0.2) is 84.9 Å². The highest BCUT2D eigenvalue weighted by Gasteiger charge is 2.13. The maximum Gasteiger partial charge on any atom is 0.236 e. The van der Waals surface area contributed by atoms with Gasteiger partial charge in [-0.05, 0) is 35.4 Å². The van der Waals surface area contributed by atoms with Crippen molar-refractivity contribution in [3.8, 4) is 0 Å². The third-order valence-electron chi connectivity index (χ3n) is 4.67. The summed E-state index contributed by atoms with van der Waals surface area (Å²) in [7, 11) is 0. The van der Waals surface area contributed by atoms with E-state index in [1.807, 2.05) is 88.7 Å². The predicted octanol–water partition coefficient (Wildman–Crippen LogP) is 2.67. The first-order valence-electron chi connectivity index (χ1n) is 9.75. The largest absolute Gasteiger partial charge is 0.368 e. The molecule has 0 aliphatic rings. The predicted molar refractivity (Wildman–Crippen MR) is 120 cm³/mol. The molecule has 0 saturated carbocycles. The molecule has 0 aromatic heterocycles. The van der Waals surface area contributed by atoms with E-state index in [1.54, 1.807) is 0 Å². The van der Waals surface area contributed by atoms with E-state index in [9.17, 15) is 9.59 Å². The Morgan fingerprint density at radius 2 is 1.00 bits per heavy atom. The molecule has 0 aliphatic carbocycles. The van der Waals surface area contributed by atoms with Crippen LogP contribution in [0.25, 0.3) is 0 Å². The molecule has 0 radical (unpaired) electrons. The second-order valence-corrected chi connectivity index (χ2v) is 7.14. The monoisotopic (exact) mass is 402 g/mol. The molecule has 6 heteroatoms. The summed E-state index contributed by atoms with van der Waals surface area (Å²) >= 11 is 0. The minimum Gasteiger partial charge on any atom is -0.368 e. The van der Waals surface area contributed by atoms with Crippen molar-refractivity contribution in [1.82, 2.24) is 0 Å². The average Bonchev–Trinajstić information content (AvgIpc) is 2.74. The number of rotatable bonds is 10. The minimum atomic E-state index is -0.383. The number of carbonyl (C=O) groups excluding carboxylic acids is 2. The maximum atomic E-state index is 11.6. The van der Waals surface area contributed by atoms with Crippen molar-refractivity contribution in [3.05, 3.63) is 96.1 Å². The van der Waals surface area contributed by atoms with Gasteiger partial charge in [-0.15, -0.1) is 0 Å². The molecule has 30 heavy (non-hydrogen) atoms. The van der Waals surface area contributed by atoms with Gasteiger partial charge in [0.1, 0.15) is 0 Å². The van der Waals surface area contributed by atoms with E-state index < -0.39 is 0 Å². The van der Waals surface area contributed by atoms with Gasteiger partial charge in [-0.25, -0.2) is 0 Å². The fraction of sp³-hybridized carbons (Fsp3) is 0.167. The Kier molecular flexibility index (Phi) is 7.05. The molecule has 6 nitrogen and oxygen atoms in total. The molecule has 2 amide bonds. The summed E-state index contributed by atoms with van der Waals surface area (Å²) in [5.74, 6) is -0.765. The van der Waals surface area contributed by atoms with Crippen LogP contribution >= 0.6 is 0 Å². The first-order chi connectivity index (χ1) is 14.5. The summed E-state index contributed by atoms with van der Waals surface area (Å²) in [5.41, 5.74) is 14.9. The van der Waals surface area contributed by atoms with Crippen molar-refractivity contribution in [3.63, 3.8) is 0 Å². The lowest BCUT2D eigenvalue weighted by atomic mass is 10.1. The smallest absolute Gasteiger partial charge is 0.236 e. The van der Waals surface area contributed by atoms with Gasteiger partial charge >= 0.3 is 0 Å². The highest BCUT2D eigenvalue weighted by Crippen LogP contribution is 2.20. The summed E-state index contributed by atoms with van der Waals surface area (Å²) in [6.07, 6.45) is 0. The fourth-order valence-corrected chi connectivity index (χ4v) is 3.40. The average molecular weight is 402 g/mol. The first kappa shape index (κ1) is 20.9. The zero-order valence-electron chi connectivity index (χ0n) is 16.8. The maximum absolute atomic E-state index is 11.6. The third kappa shape index (κ3) is 6.10. The van der Waals surface area contributed by atoms with E-state index in [-0.39, 0.29) is 24.9 Å². The number of carbonyl (C=O) groups is 2. The number of amides is 2. The van der Waals surface area contributed by atoms with Crippen LogP contribution in [0.2, 0.25) is 0 Å². The van der Waals surface area contributed by atoms with Crippen LogP contribution in [0.4, 0.5) is 11.4 Å². The van der Waals surface area contributed by atoms with Crippen LogP contribution in [0.5, 0.6) is 0 Å². The van der Waals surface area contributed by atoms with Crippen LogP contribution < -0.4 is 21.3 Å². The number of benzene rings is 3. The molecule has 3 aromatic carbocycles. The van der Waals surface area contributed by atoms with Gasteiger partial charge in [-0.2, -0.15) is 0 Å². The molecule has 0 bridgehead atoms. The lowest BCUT2D eigenvalue weighted by molar-refractivity contribution is -0.117. The van der Waals surface area contributed by atoms with Crippen molar-refractivity contribution < 1.29 is 9.59 Å². The summed E-state index contributed by atoms with van der Waals surface area (Å²) in [6.45, 7) is 1.35. The van der Waals surface area contributed by atoms with Crippen molar-refractivity contribution >= 4 is 23.2 Å². The standard InChI is InChI=1S/C24H26N4O2/c25-23(29)17-27(21-10-3-1-4-11-21)15-19-8-7-9-20(14-19)16-28(18-24(26)30)22-12-5-2-6-13-22/h1-14H,15-18H2,(H2,25,29)(H2,26,30). The number of para-hydroxylation sites is 2. The topological polar surface area (TPSA) is 92.7 Å².